The Morgan fingerprint density at radius 3 is 2.70 bits per heavy atom. The number of unbranched alkanes of at least 4 members (excludes halogenated alkanes) is 2. The van der Waals surface area contributed by atoms with Crippen molar-refractivity contribution in [2.24, 2.45) is 5.92 Å². The average molecular weight is 375 g/mol. The van der Waals surface area contributed by atoms with Gasteiger partial charge in [0, 0.05) is 11.5 Å². The molecule has 27 heavy (non-hydrogen) atoms. The summed E-state index contributed by atoms with van der Waals surface area (Å²) in [6, 6.07) is 1.94. The first kappa shape index (κ1) is 21.3. The average Bonchev–Trinajstić information content (AvgIpc) is 2.59. The molecule has 1 aromatic rings. The van der Waals surface area contributed by atoms with Gasteiger partial charge in [0.25, 0.3) is 0 Å². The molecule has 2 rings (SSSR count). The topological polar surface area (TPSA) is 55.8 Å². The molecule has 0 aromatic heterocycles. The van der Waals surface area contributed by atoms with Gasteiger partial charge in [-0.1, -0.05) is 25.3 Å². The third kappa shape index (κ3) is 4.85. The van der Waals surface area contributed by atoms with Crippen LogP contribution in [0.1, 0.15) is 81.3 Å². The van der Waals surface area contributed by atoms with Crippen LogP contribution in [0.3, 0.4) is 0 Å². The van der Waals surface area contributed by atoms with Crippen molar-refractivity contribution in [3.8, 4) is 11.5 Å². The summed E-state index contributed by atoms with van der Waals surface area (Å²) >= 11 is 0. The van der Waals surface area contributed by atoms with Gasteiger partial charge in [-0.25, -0.2) is 4.79 Å². The number of phenols is 1. The summed E-state index contributed by atoms with van der Waals surface area (Å²) in [5.41, 5.74) is 2.64. The molecule has 1 aromatic carbocycles. The molecule has 0 aliphatic carbocycles. The van der Waals surface area contributed by atoms with E-state index in [9.17, 15) is 9.90 Å². The van der Waals surface area contributed by atoms with E-state index in [-0.39, 0.29) is 17.3 Å². The van der Waals surface area contributed by atoms with Gasteiger partial charge in [0.05, 0.1) is 7.11 Å². The Bertz CT molecular complexity index is 703. The Labute approximate surface area is 163 Å². The van der Waals surface area contributed by atoms with Gasteiger partial charge in [-0.05, 0) is 64.5 Å². The highest BCUT2D eigenvalue weighted by Gasteiger charge is 2.39. The highest BCUT2D eigenvalue weighted by Crippen LogP contribution is 2.45. The lowest BCUT2D eigenvalue weighted by Gasteiger charge is -2.41. The van der Waals surface area contributed by atoms with E-state index >= 15 is 0 Å². The van der Waals surface area contributed by atoms with E-state index in [1.54, 1.807) is 0 Å². The van der Waals surface area contributed by atoms with Gasteiger partial charge in [0.15, 0.2) is 0 Å². The lowest BCUT2D eigenvalue weighted by Crippen LogP contribution is -2.42. The van der Waals surface area contributed by atoms with Crippen molar-refractivity contribution < 1.29 is 19.4 Å². The third-order valence-corrected chi connectivity index (χ3v) is 5.61. The first-order valence-electron chi connectivity index (χ1n) is 10.0. The number of aryl methyl sites for hydroxylation is 1. The van der Waals surface area contributed by atoms with E-state index in [4.69, 9.17) is 9.47 Å². The van der Waals surface area contributed by atoms with Crippen molar-refractivity contribution in [3.05, 3.63) is 34.9 Å². The Hall–Kier alpha value is -1.97. The molecular weight excluding hydrogens is 340 g/mol. The molecule has 0 bridgehead atoms. The molecule has 1 heterocycles. The maximum absolute atomic E-state index is 12.4. The number of allylic oxidation sites excluding steroid dienone is 1. The summed E-state index contributed by atoms with van der Waals surface area (Å²) < 4.78 is 11.3. The van der Waals surface area contributed by atoms with Crippen molar-refractivity contribution in [2.45, 2.75) is 78.2 Å². The Balaban J connectivity index is 2.44. The maximum atomic E-state index is 12.4. The number of phenolic OH excluding ortho intramolecular Hbond substituents is 1. The molecule has 1 N–H and O–H groups in total. The molecule has 0 spiro atoms. The minimum Gasteiger partial charge on any atom is -0.507 e. The van der Waals surface area contributed by atoms with Gasteiger partial charge in [0.2, 0.25) is 0 Å². The highest BCUT2D eigenvalue weighted by atomic mass is 16.5. The summed E-state index contributed by atoms with van der Waals surface area (Å²) in [5, 5.41) is 10.9. The van der Waals surface area contributed by atoms with E-state index < -0.39 is 5.97 Å². The molecule has 150 valence electrons. The minimum atomic E-state index is -0.481. The third-order valence-electron chi connectivity index (χ3n) is 5.61. The molecule has 1 aliphatic heterocycles. The number of methoxy groups -OCH3 is 1. The molecule has 1 atom stereocenters. The molecule has 1 aliphatic rings. The van der Waals surface area contributed by atoms with Crippen LogP contribution in [0, 0.1) is 5.92 Å². The van der Waals surface area contributed by atoms with Crippen LogP contribution in [0.2, 0.25) is 0 Å². The summed E-state index contributed by atoms with van der Waals surface area (Å²) in [5.74, 6) is 0.485. The first-order chi connectivity index (χ1) is 12.7. The van der Waals surface area contributed by atoms with Crippen molar-refractivity contribution >= 4 is 5.97 Å². The molecule has 0 fully saturated rings. The number of fused-ring (bicyclic) bond motifs is 1. The summed E-state index contributed by atoms with van der Waals surface area (Å²) in [7, 11) is 1.35. The Morgan fingerprint density at radius 1 is 1.41 bits per heavy atom. The van der Waals surface area contributed by atoms with Crippen LogP contribution in [-0.4, -0.2) is 23.8 Å². The van der Waals surface area contributed by atoms with E-state index in [0.717, 1.165) is 55.2 Å². The first-order valence-corrected chi connectivity index (χ1v) is 10.0. The van der Waals surface area contributed by atoms with Gasteiger partial charge in [-0.2, -0.15) is 0 Å². The smallest absolute Gasteiger partial charge is 0.341 e. The maximum Gasteiger partial charge on any atom is 0.341 e. The largest absolute Gasteiger partial charge is 0.507 e. The van der Waals surface area contributed by atoms with Gasteiger partial charge in [0.1, 0.15) is 22.7 Å². The molecule has 0 saturated heterocycles. The zero-order chi connectivity index (χ0) is 20.2. The van der Waals surface area contributed by atoms with Gasteiger partial charge in [-0.3, -0.25) is 0 Å². The zero-order valence-corrected chi connectivity index (χ0v) is 17.5. The molecule has 0 radical (unpaired) electrons. The van der Waals surface area contributed by atoms with Crippen LogP contribution < -0.4 is 4.74 Å². The number of carbonyl (C=O) groups excluding carboxylic acids is 1. The second-order valence-corrected chi connectivity index (χ2v) is 8.29. The van der Waals surface area contributed by atoms with Crippen LogP contribution in [0.25, 0.3) is 0 Å². The SMILES string of the molecule is C=C(C)CCC1Cc2c(cc(CCCCC)c(C(=O)OC)c2O)OC1(C)C. The quantitative estimate of drug-likeness (QED) is 0.366. The molecule has 0 saturated carbocycles. The van der Waals surface area contributed by atoms with Crippen LogP contribution in [-0.2, 0) is 17.6 Å². The molecule has 4 heteroatoms. The van der Waals surface area contributed by atoms with Crippen LogP contribution in [0.5, 0.6) is 11.5 Å². The molecule has 1 unspecified atom stereocenters. The minimum absolute atomic E-state index is 0.0293. The zero-order valence-electron chi connectivity index (χ0n) is 17.5. The predicted molar refractivity (Wildman–Crippen MR) is 109 cm³/mol. The second-order valence-electron chi connectivity index (χ2n) is 8.29. The number of ether oxygens (including phenoxy) is 2. The number of benzene rings is 1. The van der Waals surface area contributed by atoms with Crippen LogP contribution in [0.4, 0.5) is 0 Å². The molecule has 0 amide bonds. The van der Waals surface area contributed by atoms with E-state index in [2.05, 4.69) is 27.4 Å². The fourth-order valence-electron chi connectivity index (χ4n) is 3.85. The standard InChI is InChI=1S/C23H34O4/c1-7-8-9-10-16-13-19-18(21(24)20(16)22(25)26-6)14-17(12-11-15(2)3)23(4,5)27-19/h13,17,24H,2,7-12,14H2,1,3-6H3. The van der Waals surface area contributed by atoms with E-state index in [0.29, 0.717) is 17.7 Å². The monoisotopic (exact) mass is 374 g/mol. The molecular formula is C23H34O4. The van der Waals surface area contributed by atoms with Gasteiger partial charge in [-0.15, -0.1) is 6.58 Å². The number of hydrogen-bond acceptors (Lipinski definition) is 4. The number of carbonyl (C=O) groups is 1. The van der Waals surface area contributed by atoms with Crippen molar-refractivity contribution in [1.29, 1.82) is 0 Å². The number of hydrogen-bond donors (Lipinski definition) is 1. The van der Waals surface area contributed by atoms with Gasteiger partial charge >= 0.3 is 5.97 Å². The van der Waals surface area contributed by atoms with Crippen LogP contribution in [0.15, 0.2) is 18.2 Å². The number of esters is 1. The highest BCUT2D eigenvalue weighted by molar-refractivity contribution is 5.95. The normalized spacial score (nSPS) is 17.7. The summed E-state index contributed by atoms with van der Waals surface area (Å²) in [4.78, 5) is 12.4. The number of aromatic hydroxyl groups is 1. The van der Waals surface area contributed by atoms with Crippen molar-refractivity contribution in [2.75, 3.05) is 7.11 Å². The van der Waals surface area contributed by atoms with Crippen molar-refractivity contribution in [3.63, 3.8) is 0 Å². The summed E-state index contributed by atoms with van der Waals surface area (Å²) in [6.45, 7) is 12.4. The number of rotatable bonds is 8. The lowest BCUT2D eigenvalue weighted by molar-refractivity contribution is 0.0219. The fraction of sp³-hybridized carbons (Fsp3) is 0.609. The summed E-state index contributed by atoms with van der Waals surface area (Å²) in [6.07, 6.45) is 6.40. The van der Waals surface area contributed by atoms with Gasteiger partial charge < -0.3 is 14.6 Å². The fourth-order valence-corrected chi connectivity index (χ4v) is 3.85. The Morgan fingerprint density at radius 2 is 2.11 bits per heavy atom. The molecule has 4 nitrogen and oxygen atoms in total. The lowest BCUT2D eigenvalue weighted by atomic mass is 9.78. The predicted octanol–water partition coefficient (Wildman–Crippen LogP) is 5.60. The van der Waals surface area contributed by atoms with Crippen LogP contribution >= 0.6 is 0 Å². The second kappa shape index (κ2) is 8.81. The van der Waals surface area contributed by atoms with E-state index in [1.165, 1.54) is 7.11 Å². The van der Waals surface area contributed by atoms with Crippen molar-refractivity contribution in [1.82, 2.24) is 0 Å². The Kier molecular flexibility index (Phi) is 6.96. The van der Waals surface area contributed by atoms with E-state index in [1.807, 2.05) is 13.0 Å².